The van der Waals surface area contributed by atoms with Crippen LogP contribution in [0.1, 0.15) is 6.92 Å². The van der Waals surface area contributed by atoms with E-state index < -0.39 is 0 Å². The molecule has 0 aliphatic carbocycles. The van der Waals surface area contributed by atoms with Crippen LogP contribution >= 0.6 is 0 Å². The fourth-order valence-electron chi connectivity index (χ4n) is 0.713. The summed E-state index contributed by atoms with van der Waals surface area (Å²) in [6, 6.07) is 0. The van der Waals surface area contributed by atoms with Crippen LogP contribution in [0, 0.1) is 0 Å². The third-order valence-electron chi connectivity index (χ3n) is 1.29. The number of allylic oxidation sites excluding steroid dienone is 2. The monoisotopic (exact) mass is 199 g/mol. The normalized spacial score (nSPS) is 10.4. The van der Waals surface area contributed by atoms with Crippen molar-refractivity contribution < 1.29 is 14.6 Å². The molecule has 0 aromatic carbocycles. The maximum Gasteiger partial charge on any atom is 0.246 e. The predicted octanol–water partition coefficient (Wildman–Crippen LogP) is 0.244. The maximum absolute atomic E-state index is 11.0. The summed E-state index contributed by atoms with van der Waals surface area (Å²) >= 11 is 0. The number of carbonyl (C=O) groups is 1. The van der Waals surface area contributed by atoms with Gasteiger partial charge in [0.05, 0.1) is 13.2 Å². The van der Waals surface area contributed by atoms with Gasteiger partial charge < -0.3 is 15.2 Å². The van der Waals surface area contributed by atoms with E-state index in [-0.39, 0.29) is 25.7 Å². The van der Waals surface area contributed by atoms with Crippen molar-refractivity contribution in [3.63, 3.8) is 0 Å². The van der Waals surface area contributed by atoms with Crippen LogP contribution in [0.4, 0.5) is 0 Å². The minimum Gasteiger partial charge on any atom is -0.394 e. The molecule has 0 atom stereocenters. The fourth-order valence-corrected chi connectivity index (χ4v) is 0.713. The highest BCUT2D eigenvalue weighted by atomic mass is 16.5. The van der Waals surface area contributed by atoms with Crippen molar-refractivity contribution in [3.8, 4) is 0 Å². The third kappa shape index (κ3) is 8.96. The minimum atomic E-state index is -0.190. The first kappa shape index (κ1) is 12.9. The van der Waals surface area contributed by atoms with E-state index in [1.165, 1.54) is 0 Å². The lowest BCUT2D eigenvalue weighted by Gasteiger charge is -2.02. The second kappa shape index (κ2) is 8.47. The van der Waals surface area contributed by atoms with Crippen molar-refractivity contribution >= 4 is 5.91 Å². The van der Waals surface area contributed by atoms with E-state index >= 15 is 0 Å². The Morgan fingerprint density at radius 2 is 2.36 bits per heavy atom. The van der Waals surface area contributed by atoms with E-state index in [2.05, 4.69) is 11.9 Å². The molecule has 4 heteroatoms. The second-order valence-corrected chi connectivity index (χ2v) is 2.83. The molecule has 0 rings (SSSR count). The predicted molar refractivity (Wildman–Crippen MR) is 54.9 cm³/mol. The lowest BCUT2D eigenvalue weighted by Crippen LogP contribution is -2.28. The molecule has 2 N–H and O–H groups in total. The Balaban J connectivity index is 3.40. The topological polar surface area (TPSA) is 58.6 Å². The van der Waals surface area contributed by atoms with Gasteiger partial charge in [-0.1, -0.05) is 24.3 Å². The van der Waals surface area contributed by atoms with Crippen LogP contribution in [0.3, 0.4) is 0 Å². The van der Waals surface area contributed by atoms with Crippen molar-refractivity contribution in [2.24, 2.45) is 0 Å². The first-order valence-electron chi connectivity index (χ1n) is 4.44. The number of carbonyl (C=O) groups excluding carboxylic acids is 1. The highest BCUT2D eigenvalue weighted by Crippen LogP contribution is 1.86. The van der Waals surface area contributed by atoms with Gasteiger partial charge in [0.2, 0.25) is 5.91 Å². The molecule has 0 bridgehead atoms. The number of hydrogen-bond donors (Lipinski definition) is 2. The van der Waals surface area contributed by atoms with Crippen LogP contribution in [0.15, 0.2) is 24.3 Å². The SMILES string of the molecule is C=C(C)/C=C/CNC(=O)COCCO. The van der Waals surface area contributed by atoms with Crippen LogP contribution < -0.4 is 5.32 Å². The molecule has 0 saturated carbocycles. The Kier molecular flexibility index (Phi) is 7.78. The molecule has 0 saturated heterocycles. The molecule has 0 fully saturated rings. The molecular weight excluding hydrogens is 182 g/mol. The van der Waals surface area contributed by atoms with Crippen molar-refractivity contribution in [2.75, 3.05) is 26.4 Å². The maximum atomic E-state index is 11.0. The standard InChI is InChI=1S/C10H17NO3/c1-9(2)4-3-5-11-10(13)8-14-7-6-12/h3-4,12H,1,5-8H2,2H3,(H,11,13)/b4-3+. The molecule has 0 aliphatic heterocycles. The first-order chi connectivity index (χ1) is 6.66. The molecule has 0 spiro atoms. The summed E-state index contributed by atoms with van der Waals surface area (Å²) in [5.41, 5.74) is 0.941. The number of aliphatic hydroxyl groups excluding tert-OH is 1. The fraction of sp³-hybridized carbons (Fsp3) is 0.500. The van der Waals surface area contributed by atoms with Gasteiger partial charge in [-0.05, 0) is 6.92 Å². The van der Waals surface area contributed by atoms with Gasteiger partial charge in [-0.25, -0.2) is 0 Å². The molecule has 4 nitrogen and oxygen atoms in total. The summed E-state index contributed by atoms with van der Waals surface area (Å²) in [6.07, 6.45) is 3.64. The highest BCUT2D eigenvalue weighted by Gasteiger charge is 1.97. The van der Waals surface area contributed by atoms with E-state index in [1.54, 1.807) is 0 Å². The first-order valence-corrected chi connectivity index (χ1v) is 4.44. The smallest absolute Gasteiger partial charge is 0.246 e. The molecule has 0 aromatic heterocycles. The zero-order chi connectivity index (χ0) is 10.8. The van der Waals surface area contributed by atoms with E-state index in [0.29, 0.717) is 6.54 Å². The Bertz CT molecular complexity index is 211. The Morgan fingerprint density at radius 1 is 1.64 bits per heavy atom. The van der Waals surface area contributed by atoms with Crippen LogP contribution in [0.5, 0.6) is 0 Å². The van der Waals surface area contributed by atoms with Gasteiger partial charge in [0, 0.05) is 6.54 Å². The zero-order valence-electron chi connectivity index (χ0n) is 8.45. The summed E-state index contributed by atoms with van der Waals surface area (Å²) in [4.78, 5) is 11.0. The number of hydrogen-bond acceptors (Lipinski definition) is 3. The van der Waals surface area contributed by atoms with Gasteiger partial charge in [0.15, 0.2) is 0 Å². The van der Waals surface area contributed by atoms with E-state index in [0.717, 1.165) is 5.57 Å². The summed E-state index contributed by atoms with van der Waals surface area (Å²) in [5.74, 6) is -0.190. The highest BCUT2D eigenvalue weighted by molar-refractivity contribution is 5.77. The van der Waals surface area contributed by atoms with Gasteiger partial charge in [-0.3, -0.25) is 4.79 Å². The summed E-state index contributed by atoms with van der Waals surface area (Å²) in [5, 5.41) is 11.0. The Labute approximate surface area is 84.3 Å². The molecule has 0 heterocycles. The van der Waals surface area contributed by atoms with Crippen molar-refractivity contribution in [1.82, 2.24) is 5.32 Å². The molecule has 0 aliphatic rings. The van der Waals surface area contributed by atoms with Gasteiger partial charge in [-0.2, -0.15) is 0 Å². The minimum absolute atomic E-state index is 0.0124. The molecule has 14 heavy (non-hydrogen) atoms. The lowest BCUT2D eigenvalue weighted by molar-refractivity contribution is -0.125. The number of ether oxygens (including phenoxy) is 1. The van der Waals surface area contributed by atoms with E-state index in [9.17, 15) is 4.79 Å². The summed E-state index contributed by atoms with van der Waals surface area (Å²) in [6.45, 7) is 6.14. The van der Waals surface area contributed by atoms with Crippen molar-refractivity contribution in [2.45, 2.75) is 6.92 Å². The Hall–Kier alpha value is -1.13. The Morgan fingerprint density at radius 3 is 2.93 bits per heavy atom. The van der Waals surface area contributed by atoms with Crippen LogP contribution in [-0.4, -0.2) is 37.4 Å². The molecule has 1 amide bonds. The summed E-state index contributed by atoms with van der Waals surface area (Å²) in [7, 11) is 0. The lowest BCUT2D eigenvalue weighted by atomic mass is 10.3. The quantitative estimate of drug-likeness (QED) is 0.456. The molecule has 0 radical (unpaired) electrons. The van der Waals surface area contributed by atoms with Gasteiger partial charge in [-0.15, -0.1) is 0 Å². The zero-order valence-corrected chi connectivity index (χ0v) is 8.45. The van der Waals surface area contributed by atoms with Gasteiger partial charge in [0.25, 0.3) is 0 Å². The van der Waals surface area contributed by atoms with E-state index in [1.807, 2.05) is 19.1 Å². The molecule has 0 aromatic rings. The van der Waals surface area contributed by atoms with Gasteiger partial charge >= 0.3 is 0 Å². The molecule has 0 unspecified atom stereocenters. The average Bonchev–Trinajstić information content (AvgIpc) is 2.13. The van der Waals surface area contributed by atoms with E-state index in [4.69, 9.17) is 9.84 Å². The largest absolute Gasteiger partial charge is 0.394 e. The number of amides is 1. The number of nitrogens with one attached hydrogen (secondary N) is 1. The van der Waals surface area contributed by atoms with Crippen molar-refractivity contribution in [1.29, 1.82) is 0 Å². The van der Waals surface area contributed by atoms with Gasteiger partial charge in [0.1, 0.15) is 6.61 Å². The molecule has 80 valence electrons. The van der Waals surface area contributed by atoms with Crippen molar-refractivity contribution in [3.05, 3.63) is 24.3 Å². The molecular formula is C10H17NO3. The van der Waals surface area contributed by atoms with Crippen LogP contribution in [0.25, 0.3) is 0 Å². The number of aliphatic hydroxyl groups is 1. The third-order valence-corrected chi connectivity index (χ3v) is 1.29. The second-order valence-electron chi connectivity index (χ2n) is 2.83. The number of rotatable bonds is 7. The average molecular weight is 199 g/mol. The van der Waals surface area contributed by atoms with Crippen LogP contribution in [0.2, 0.25) is 0 Å². The summed E-state index contributed by atoms with van der Waals surface area (Å²) < 4.78 is 4.82. The van der Waals surface area contributed by atoms with Crippen LogP contribution in [-0.2, 0) is 9.53 Å².